The Morgan fingerprint density at radius 3 is 2.93 bits per heavy atom. The van der Waals surface area contributed by atoms with Crippen molar-refractivity contribution in [1.82, 2.24) is 9.88 Å². The molecule has 0 saturated heterocycles. The minimum Gasteiger partial charge on any atom is -0.383 e. The quantitative estimate of drug-likeness (QED) is 0.773. The molecular formula is C10H16N2O2. The molecule has 4 nitrogen and oxygen atoms in total. The van der Waals surface area contributed by atoms with Gasteiger partial charge in [-0.05, 0) is 13.0 Å². The van der Waals surface area contributed by atoms with E-state index >= 15 is 0 Å². The number of carbonyl (C=O) groups excluding carboxylic acids is 1. The van der Waals surface area contributed by atoms with Crippen molar-refractivity contribution in [2.75, 3.05) is 13.7 Å². The molecule has 0 saturated carbocycles. The Labute approximate surface area is 83.9 Å². The van der Waals surface area contributed by atoms with E-state index in [2.05, 4.69) is 5.32 Å². The Balaban J connectivity index is 2.50. The lowest BCUT2D eigenvalue weighted by molar-refractivity contribution is 0.0905. The van der Waals surface area contributed by atoms with Crippen molar-refractivity contribution in [2.24, 2.45) is 7.05 Å². The summed E-state index contributed by atoms with van der Waals surface area (Å²) < 4.78 is 6.77. The third-order valence-electron chi connectivity index (χ3n) is 1.89. The molecule has 4 heteroatoms. The zero-order valence-corrected chi connectivity index (χ0v) is 8.78. The number of carbonyl (C=O) groups is 1. The molecule has 78 valence electrons. The van der Waals surface area contributed by atoms with E-state index in [1.807, 2.05) is 24.7 Å². The first-order chi connectivity index (χ1) is 6.63. The van der Waals surface area contributed by atoms with E-state index in [0.29, 0.717) is 12.2 Å². The van der Waals surface area contributed by atoms with E-state index in [-0.39, 0.29) is 11.9 Å². The smallest absolute Gasteiger partial charge is 0.253 e. The summed E-state index contributed by atoms with van der Waals surface area (Å²) in [5.74, 6) is -0.0600. The number of hydrogen-bond donors (Lipinski definition) is 1. The maximum atomic E-state index is 11.6. The van der Waals surface area contributed by atoms with Crippen LogP contribution in [0.5, 0.6) is 0 Å². The molecule has 0 aromatic carbocycles. The van der Waals surface area contributed by atoms with Crippen LogP contribution < -0.4 is 5.32 Å². The van der Waals surface area contributed by atoms with Crippen LogP contribution in [0.15, 0.2) is 18.5 Å². The minimum absolute atomic E-state index is 0.0349. The molecule has 1 aromatic heterocycles. The van der Waals surface area contributed by atoms with Gasteiger partial charge in [0.25, 0.3) is 5.91 Å². The number of rotatable bonds is 4. The number of aromatic nitrogens is 1. The summed E-state index contributed by atoms with van der Waals surface area (Å²) in [4.78, 5) is 11.6. The molecule has 1 amide bonds. The molecule has 0 bridgehead atoms. The summed E-state index contributed by atoms with van der Waals surface area (Å²) in [7, 11) is 3.50. The molecule has 1 aromatic rings. The van der Waals surface area contributed by atoms with E-state index < -0.39 is 0 Å². The van der Waals surface area contributed by atoms with Crippen molar-refractivity contribution in [2.45, 2.75) is 13.0 Å². The Morgan fingerprint density at radius 2 is 2.43 bits per heavy atom. The first kappa shape index (κ1) is 10.8. The lowest BCUT2D eigenvalue weighted by Gasteiger charge is -2.11. The predicted octanol–water partition coefficient (Wildman–Crippen LogP) is 0.790. The monoisotopic (exact) mass is 196 g/mol. The van der Waals surface area contributed by atoms with Crippen LogP contribution in [0, 0.1) is 0 Å². The molecule has 1 rings (SSSR count). The van der Waals surface area contributed by atoms with Crippen LogP contribution in [0.1, 0.15) is 17.3 Å². The van der Waals surface area contributed by atoms with Gasteiger partial charge in [-0.25, -0.2) is 0 Å². The normalized spacial score (nSPS) is 12.5. The van der Waals surface area contributed by atoms with Crippen molar-refractivity contribution in [3.8, 4) is 0 Å². The van der Waals surface area contributed by atoms with Gasteiger partial charge >= 0.3 is 0 Å². The molecule has 0 aliphatic rings. The Bertz CT molecular complexity index is 307. The lowest BCUT2D eigenvalue weighted by atomic mass is 10.3. The Morgan fingerprint density at radius 1 is 1.71 bits per heavy atom. The predicted molar refractivity (Wildman–Crippen MR) is 54.2 cm³/mol. The number of hydrogen-bond acceptors (Lipinski definition) is 2. The molecule has 1 atom stereocenters. The molecule has 0 aliphatic heterocycles. The van der Waals surface area contributed by atoms with Gasteiger partial charge in [0.1, 0.15) is 0 Å². The van der Waals surface area contributed by atoms with E-state index in [9.17, 15) is 4.79 Å². The second kappa shape index (κ2) is 4.81. The zero-order chi connectivity index (χ0) is 10.6. The van der Waals surface area contributed by atoms with Gasteiger partial charge in [-0.3, -0.25) is 4.79 Å². The number of nitrogens with one attached hydrogen (secondary N) is 1. The summed E-state index contributed by atoms with van der Waals surface area (Å²) >= 11 is 0. The summed E-state index contributed by atoms with van der Waals surface area (Å²) in [6, 6.07) is 1.82. The second-order valence-corrected chi connectivity index (χ2v) is 3.40. The molecule has 1 heterocycles. The Hall–Kier alpha value is -1.29. The molecule has 14 heavy (non-hydrogen) atoms. The van der Waals surface area contributed by atoms with Crippen LogP contribution in [0.4, 0.5) is 0 Å². The highest BCUT2D eigenvalue weighted by Gasteiger charge is 2.09. The van der Waals surface area contributed by atoms with Gasteiger partial charge in [0.15, 0.2) is 0 Å². The molecule has 0 fully saturated rings. The SMILES string of the molecule is COCC(C)NC(=O)c1ccn(C)c1. The van der Waals surface area contributed by atoms with Gasteiger partial charge in [0.2, 0.25) is 0 Å². The number of aryl methyl sites for hydroxylation is 1. The zero-order valence-electron chi connectivity index (χ0n) is 8.78. The van der Waals surface area contributed by atoms with Crippen LogP contribution in [0.2, 0.25) is 0 Å². The van der Waals surface area contributed by atoms with E-state index in [4.69, 9.17) is 4.74 Å². The van der Waals surface area contributed by atoms with E-state index in [0.717, 1.165) is 0 Å². The van der Waals surface area contributed by atoms with Crippen molar-refractivity contribution >= 4 is 5.91 Å². The highest BCUT2D eigenvalue weighted by atomic mass is 16.5. The van der Waals surface area contributed by atoms with Crippen LogP contribution in [0.3, 0.4) is 0 Å². The number of ether oxygens (including phenoxy) is 1. The molecule has 0 radical (unpaired) electrons. The molecular weight excluding hydrogens is 180 g/mol. The molecule has 0 aliphatic carbocycles. The average molecular weight is 196 g/mol. The number of amides is 1. The second-order valence-electron chi connectivity index (χ2n) is 3.40. The summed E-state index contributed by atoms with van der Waals surface area (Å²) in [6.45, 7) is 2.43. The first-order valence-electron chi connectivity index (χ1n) is 4.55. The van der Waals surface area contributed by atoms with E-state index in [1.165, 1.54) is 0 Å². The third-order valence-corrected chi connectivity index (χ3v) is 1.89. The van der Waals surface area contributed by atoms with Crippen LogP contribution in [-0.4, -0.2) is 30.2 Å². The topological polar surface area (TPSA) is 43.3 Å². The highest BCUT2D eigenvalue weighted by Crippen LogP contribution is 1.99. The fourth-order valence-electron chi connectivity index (χ4n) is 1.24. The standard InChI is InChI=1S/C10H16N2O2/c1-8(7-14-3)11-10(13)9-4-5-12(2)6-9/h4-6,8H,7H2,1-3H3,(H,11,13). The number of nitrogens with zero attached hydrogens (tertiary/aromatic N) is 1. The van der Waals surface area contributed by atoms with Gasteiger partial charge in [0, 0.05) is 32.6 Å². The van der Waals surface area contributed by atoms with Crippen LogP contribution >= 0.6 is 0 Å². The average Bonchev–Trinajstić information content (AvgIpc) is 2.52. The number of methoxy groups -OCH3 is 1. The molecule has 1 N–H and O–H groups in total. The van der Waals surface area contributed by atoms with Crippen molar-refractivity contribution in [3.63, 3.8) is 0 Å². The molecule has 0 spiro atoms. The summed E-state index contributed by atoms with van der Waals surface area (Å²) in [5, 5.41) is 2.83. The fourth-order valence-corrected chi connectivity index (χ4v) is 1.24. The summed E-state index contributed by atoms with van der Waals surface area (Å²) in [5.41, 5.74) is 0.676. The van der Waals surface area contributed by atoms with Gasteiger partial charge in [-0.1, -0.05) is 0 Å². The van der Waals surface area contributed by atoms with Crippen LogP contribution in [-0.2, 0) is 11.8 Å². The van der Waals surface area contributed by atoms with Gasteiger partial charge in [-0.2, -0.15) is 0 Å². The van der Waals surface area contributed by atoms with E-state index in [1.54, 1.807) is 19.4 Å². The first-order valence-corrected chi connectivity index (χ1v) is 4.55. The lowest BCUT2D eigenvalue weighted by Crippen LogP contribution is -2.35. The maximum Gasteiger partial charge on any atom is 0.253 e. The third kappa shape index (κ3) is 2.88. The van der Waals surface area contributed by atoms with Crippen molar-refractivity contribution < 1.29 is 9.53 Å². The maximum absolute atomic E-state index is 11.6. The van der Waals surface area contributed by atoms with Gasteiger partial charge in [-0.15, -0.1) is 0 Å². The Kier molecular flexibility index (Phi) is 3.71. The molecule has 1 unspecified atom stereocenters. The minimum atomic E-state index is -0.0600. The largest absolute Gasteiger partial charge is 0.383 e. The van der Waals surface area contributed by atoms with Gasteiger partial charge in [0.05, 0.1) is 12.2 Å². The van der Waals surface area contributed by atoms with Gasteiger partial charge < -0.3 is 14.6 Å². The highest BCUT2D eigenvalue weighted by molar-refractivity contribution is 5.94. The summed E-state index contributed by atoms with van der Waals surface area (Å²) in [6.07, 6.45) is 3.63. The van der Waals surface area contributed by atoms with Crippen molar-refractivity contribution in [1.29, 1.82) is 0 Å². The van der Waals surface area contributed by atoms with Crippen LogP contribution in [0.25, 0.3) is 0 Å². The fraction of sp³-hybridized carbons (Fsp3) is 0.500. The van der Waals surface area contributed by atoms with Crippen molar-refractivity contribution in [3.05, 3.63) is 24.0 Å².